The number of benzene rings is 1. The number of piperazine rings is 1. The summed E-state index contributed by atoms with van der Waals surface area (Å²) in [5.74, 6) is -0.251. The van der Waals surface area contributed by atoms with Gasteiger partial charge in [-0.1, -0.05) is 19.1 Å². The number of nitriles is 2. The first-order chi connectivity index (χ1) is 16.0. The van der Waals surface area contributed by atoms with Gasteiger partial charge in [-0.3, -0.25) is 14.3 Å². The van der Waals surface area contributed by atoms with Crippen LogP contribution in [0.15, 0.2) is 45.8 Å². The average Bonchev–Trinajstić information content (AvgIpc) is 2.82. The van der Waals surface area contributed by atoms with Crippen molar-refractivity contribution in [3.63, 3.8) is 0 Å². The first-order valence-electron chi connectivity index (χ1n) is 10.7. The third-order valence-electron chi connectivity index (χ3n) is 6.10. The smallest absolute Gasteiger partial charge is 0.272 e. The zero-order valence-corrected chi connectivity index (χ0v) is 19.7. The third kappa shape index (κ3) is 4.35. The normalized spacial score (nSPS) is 15.2. The molecule has 1 saturated heterocycles. The number of nitrogens with zero attached hydrogens (tertiary/aromatic N) is 6. The van der Waals surface area contributed by atoms with E-state index < -0.39 is 5.56 Å². The van der Waals surface area contributed by atoms with Gasteiger partial charge in [0.25, 0.3) is 5.56 Å². The van der Waals surface area contributed by atoms with Crippen LogP contribution in [0.3, 0.4) is 0 Å². The van der Waals surface area contributed by atoms with Crippen LogP contribution in [0, 0.1) is 28.5 Å². The maximum absolute atomic E-state index is 13.4. The van der Waals surface area contributed by atoms with Gasteiger partial charge in [0.15, 0.2) is 0 Å². The van der Waals surface area contributed by atoms with Crippen molar-refractivity contribution in [1.82, 2.24) is 14.5 Å². The molecule has 168 valence electrons. The Labute approximate surface area is 199 Å². The van der Waals surface area contributed by atoms with Crippen LogP contribution < -0.4 is 10.5 Å². The second-order valence-corrected chi connectivity index (χ2v) is 8.70. The average molecular weight is 509 g/mol. The van der Waals surface area contributed by atoms with Crippen LogP contribution in [0.2, 0.25) is 0 Å². The summed E-state index contributed by atoms with van der Waals surface area (Å²) in [5.41, 5.74) is 2.16. The molecule has 1 fully saturated rings. The van der Waals surface area contributed by atoms with Gasteiger partial charge in [0.1, 0.15) is 34.1 Å². The molecule has 2 aromatic heterocycles. The highest BCUT2D eigenvalue weighted by atomic mass is 79.9. The molecule has 0 radical (unpaired) electrons. The fourth-order valence-electron chi connectivity index (χ4n) is 4.57. The number of rotatable bonds is 5. The third-order valence-corrected chi connectivity index (χ3v) is 6.55. The van der Waals surface area contributed by atoms with Crippen molar-refractivity contribution >= 4 is 32.7 Å². The molecule has 1 unspecified atom stereocenters. The molecule has 1 atom stereocenters. The lowest BCUT2D eigenvalue weighted by Crippen LogP contribution is -2.48. The number of pyridine rings is 2. The molecule has 1 aliphatic heterocycles. The Balaban J connectivity index is 1.70. The quantitative estimate of drug-likeness (QED) is 0.484. The summed E-state index contributed by atoms with van der Waals surface area (Å²) in [4.78, 5) is 22.0. The molecule has 0 amide bonds. The van der Waals surface area contributed by atoms with Crippen molar-refractivity contribution < 1.29 is 4.39 Å². The maximum Gasteiger partial charge on any atom is 0.272 e. The van der Waals surface area contributed by atoms with Crippen molar-refractivity contribution in [2.45, 2.75) is 25.9 Å². The fourth-order valence-corrected chi connectivity index (χ4v) is 4.88. The van der Waals surface area contributed by atoms with Crippen molar-refractivity contribution in [3.8, 4) is 12.1 Å². The Morgan fingerprint density at radius 2 is 1.82 bits per heavy atom. The Kier molecular flexibility index (Phi) is 6.73. The summed E-state index contributed by atoms with van der Waals surface area (Å²) in [6.45, 7) is 4.61. The predicted octanol–water partition coefficient (Wildman–Crippen LogP) is 3.97. The zero-order chi connectivity index (χ0) is 23.5. The lowest BCUT2D eigenvalue weighted by Gasteiger charge is -2.40. The van der Waals surface area contributed by atoms with Gasteiger partial charge in [-0.15, -0.1) is 0 Å². The van der Waals surface area contributed by atoms with E-state index in [2.05, 4.69) is 38.8 Å². The van der Waals surface area contributed by atoms with E-state index in [9.17, 15) is 19.7 Å². The predicted molar refractivity (Wildman–Crippen MR) is 127 cm³/mol. The van der Waals surface area contributed by atoms with Gasteiger partial charge in [-0.25, -0.2) is 9.37 Å². The van der Waals surface area contributed by atoms with Gasteiger partial charge >= 0.3 is 0 Å². The van der Waals surface area contributed by atoms with Crippen molar-refractivity contribution in [2.75, 3.05) is 31.1 Å². The van der Waals surface area contributed by atoms with E-state index in [4.69, 9.17) is 0 Å². The van der Waals surface area contributed by atoms with Crippen molar-refractivity contribution in [3.05, 3.63) is 68.3 Å². The summed E-state index contributed by atoms with van der Waals surface area (Å²) in [6.07, 6.45) is 0.886. The van der Waals surface area contributed by atoms with Gasteiger partial charge in [-0.2, -0.15) is 10.5 Å². The van der Waals surface area contributed by atoms with E-state index in [1.165, 1.54) is 16.7 Å². The van der Waals surface area contributed by atoms with Gasteiger partial charge < -0.3 is 4.90 Å². The van der Waals surface area contributed by atoms with Gasteiger partial charge in [0.2, 0.25) is 0 Å². The molecule has 0 bridgehead atoms. The molecule has 0 saturated carbocycles. The molecule has 1 aromatic carbocycles. The molecular weight excluding hydrogens is 487 g/mol. The van der Waals surface area contributed by atoms with Crippen molar-refractivity contribution in [2.24, 2.45) is 0 Å². The minimum Gasteiger partial charge on any atom is -0.366 e. The van der Waals surface area contributed by atoms with Gasteiger partial charge in [0.05, 0.1) is 17.3 Å². The SMILES string of the molecule is CCC(c1ccc(F)cc1)N1CCN(c2c(C#N)c(=O)n(CC#N)c3ccc(Br)nc23)CC1. The Morgan fingerprint density at radius 1 is 1.12 bits per heavy atom. The number of fused-ring (bicyclic) bond motifs is 1. The van der Waals surface area contributed by atoms with Crippen LogP contribution in [0.25, 0.3) is 11.0 Å². The highest BCUT2D eigenvalue weighted by Crippen LogP contribution is 2.31. The molecule has 3 heterocycles. The summed E-state index contributed by atoms with van der Waals surface area (Å²) in [5, 5.41) is 19.0. The topological polar surface area (TPSA) is 89.0 Å². The lowest BCUT2D eigenvalue weighted by atomic mass is 10.0. The minimum absolute atomic E-state index is 0.00220. The molecule has 0 aliphatic carbocycles. The van der Waals surface area contributed by atoms with Gasteiger partial charge in [-0.05, 0) is 52.2 Å². The Morgan fingerprint density at radius 3 is 2.42 bits per heavy atom. The molecule has 33 heavy (non-hydrogen) atoms. The van der Waals surface area contributed by atoms with Crippen LogP contribution in [0.1, 0.15) is 30.5 Å². The zero-order valence-electron chi connectivity index (χ0n) is 18.1. The van der Waals surface area contributed by atoms with E-state index in [0.29, 0.717) is 34.4 Å². The van der Waals surface area contributed by atoms with Crippen molar-refractivity contribution in [1.29, 1.82) is 10.5 Å². The lowest BCUT2D eigenvalue weighted by molar-refractivity contribution is 0.181. The fraction of sp³-hybridized carbons (Fsp3) is 0.333. The standard InChI is InChI=1S/C24H22BrFN6O/c1-2-19(16-3-5-17(26)6-4-16)30-11-13-31(14-12-30)23-18(15-28)24(33)32(10-9-27)20-7-8-21(25)29-22(20)23/h3-8,19H,2,10-14H2,1H3. The molecule has 9 heteroatoms. The first kappa shape index (κ1) is 22.9. The monoisotopic (exact) mass is 508 g/mol. The molecule has 3 aromatic rings. The number of anilines is 1. The Hall–Kier alpha value is -3.27. The van der Waals surface area contributed by atoms with Crippen LogP contribution in [-0.4, -0.2) is 40.6 Å². The highest BCUT2D eigenvalue weighted by molar-refractivity contribution is 9.10. The second-order valence-electron chi connectivity index (χ2n) is 7.89. The second kappa shape index (κ2) is 9.70. The van der Waals surface area contributed by atoms with E-state index >= 15 is 0 Å². The largest absolute Gasteiger partial charge is 0.366 e. The summed E-state index contributed by atoms with van der Waals surface area (Å²) < 4.78 is 15.3. The number of hydrogen-bond donors (Lipinski definition) is 0. The summed E-state index contributed by atoms with van der Waals surface area (Å²) >= 11 is 3.39. The molecular formula is C24H22BrFN6O. The van der Waals surface area contributed by atoms with E-state index in [1.807, 2.05) is 23.1 Å². The summed E-state index contributed by atoms with van der Waals surface area (Å²) in [7, 11) is 0. The molecule has 0 spiro atoms. The van der Waals surface area contributed by atoms with Crippen LogP contribution in [0.5, 0.6) is 0 Å². The Bertz CT molecular complexity index is 1320. The maximum atomic E-state index is 13.4. The number of halogens is 2. The van der Waals surface area contributed by atoms with Gasteiger partial charge in [0, 0.05) is 32.2 Å². The summed E-state index contributed by atoms with van der Waals surface area (Å²) in [6, 6.07) is 14.3. The van der Waals surface area contributed by atoms with E-state index in [1.54, 1.807) is 12.1 Å². The van der Waals surface area contributed by atoms with E-state index in [-0.39, 0.29) is 24.0 Å². The number of aromatic nitrogens is 2. The van der Waals surface area contributed by atoms with Crippen LogP contribution >= 0.6 is 15.9 Å². The molecule has 4 rings (SSSR count). The van der Waals surface area contributed by atoms with Crippen LogP contribution in [-0.2, 0) is 6.54 Å². The molecule has 0 N–H and O–H groups in total. The first-order valence-corrected chi connectivity index (χ1v) is 11.5. The minimum atomic E-state index is -0.481. The number of hydrogen-bond acceptors (Lipinski definition) is 6. The highest BCUT2D eigenvalue weighted by Gasteiger charge is 2.28. The van der Waals surface area contributed by atoms with Crippen LogP contribution in [0.4, 0.5) is 10.1 Å². The van der Waals surface area contributed by atoms with E-state index in [0.717, 1.165) is 25.1 Å². The molecule has 1 aliphatic rings. The molecule has 7 nitrogen and oxygen atoms in total.